The molecule has 1 aromatic carbocycles. The molecule has 0 amide bonds. The molecule has 114 valence electrons. The Balaban J connectivity index is 1.65. The van der Waals surface area contributed by atoms with Crippen molar-refractivity contribution in [2.24, 2.45) is 5.92 Å². The fraction of sp³-hybridized carbons (Fsp3) is 0.444. The van der Waals surface area contributed by atoms with E-state index in [1.165, 1.54) is 10.4 Å². The monoisotopic (exact) mass is 303 g/mol. The molecule has 0 aliphatic rings. The fourth-order valence-electron chi connectivity index (χ4n) is 2.02. The highest BCUT2D eigenvalue weighted by atomic mass is 32.1. The Morgan fingerprint density at radius 2 is 1.95 bits per heavy atom. The summed E-state index contributed by atoms with van der Waals surface area (Å²) in [6.45, 7) is 7.17. The molecule has 2 rings (SSSR count). The summed E-state index contributed by atoms with van der Waals surface area (Å²) in [6.07, 6.45) is 2.21. The van der Waals surface area contributed by atoms with E-state index in [4.69, 9.17) is 4.74 Å². The lowest BCUT2D eigenvalue weighted by Gasteiger charge is -2.09. The van der Waals surface area contributed by atoms with Crippen molar-refractivity contribution in [3.8, 4) is 5.75 Å². The van der Waals surface area contributed by atoms with E-state index in [1.807, 2.05) is 11.3 Å². The van der Waals surface area contributed by atoms with Gasteiger partial charge in [0.1, 0.15) is 5.75 Å². The van der Waals surface area contributed by atoms with Crippen molar-refractivity contribution in [1.82, 2.24) is 5.32 Å². The molecule has 2 nitrogen and oxygen atoms in total. The average Bonchev–Trinajstić information content (AvgIpc) is 2.98. The maximum Gasteiger partial charge on any atom is 0.119 e. The van der Waals surface area contributed by atoms with Crippen LogP contribution in [0.2, 0.25) is 0 Å². The van der Waals surface area contributed by atoms with Crippen LogP contribution in [0.3, 0.4) is 0 Å². The predicted octanol–water partition coefficient (Wildman–Crippen LogP) is 4.51. The van der Waals surface area contributed by atoms with Gasteiger partial charge in [-0.15, -0.1) is 11.3 Å². The van der Waals surface area contributed by atoms with Crippen LogP contribution in [0.15, 0.2) is 41.8 Å². The second kappa shape index (κ2) is 8.85. The lowest BCUT2D eigenvalue weighted by Crippen LogP contribution is -2.16. The van der Waals surface area contributed by atoms with E-state index in [2.05, 4.69) is 60.9 Å². The highest BCUT2D eigenvalue weighted by Crippen LogP contribution is 2.13. The molecule has 2 aromatic rings. The minimum Gasteiger partial charge on any atom is -0.494 e. The first-order valence-electron chi connectivity index (χ1n) is 7.69. The van der Waals surface area contributed by atoms with Crippen molar-refractivity contribution in [3.63, 3.8) is 0 Å². The van der Waals surface area contributed by atoms with Gasteiger partial charge in [0, 0.05) is 18.0 Å². The Morgan fingerprint density at radius 1 is 1.14 bits per heavy atom. The number of ether oxygens (including phenoxy) is 1. The molecule has 0 radical (unpaired) electrons. The van der Waals surface area contributed by atoms with E-state index in [-0.39, 0.29) is 0 Å². The summed E-state index contributed by atoms with van der Waals surface area (Å²) in [6, 6.07) is 12.7. The molecular weight excluding hydrogens is 278 g/mol. The fourth-order valence-corrected chi connectivity index (χ4v) is 2.72. The largest absolute Gasteiger partial charge is 0.494 e. The molecule has 0 aliphatic carbocycles. The van der Waals surface area contributed by atoms with Crippen molar-refractivity contribution in [2.75, 3.05) is 13.2 Å². The molecule has 0 unspecified atom stereocenters. The zero-order valence-electron chi connectivity index (χ0n) is 13.0. The van der Waals surface area contributed by atoms with E-state index in [0.717, 1.165) is 38.3 Å². The number of rotatable bonds is 9. The van der Waals surface area contributed by atoms with Crippen molar-refractivity contribution >= 4 is 11.3 Å². The number of thiophene rings is 1. The molecule has 0 saturated carbocycles. The first-order chi connectivity index (χ1) is 10.2. The first-order valence-corrected chi connectivity index (χ1v) is 8.57. The van der Waals surface area contributed by atoms with Crippen LogP contribution in [0.5, 0.6) is 5.75 Å². The highest BCUT2D eigenvalue weighted by molar-refractivity contribution is 7.09. The summed E-state index contributed by atoms with van der Waals surface area (Å²) >= 11 is 1.82. The quantitative estimate of drug-likeness (QED) is 0.688. The lowest BCUT2D eigenvalue weighted by molar-refractivity contribution is 0.289. The summed E-state index contributed by atoms with van der Waals surface area (Å²) in [7, 11) is 0. The van der Waals surface area contributed by atoms with Crippen molar-refractivity contribution in [3.05, 3.63) is 52.2 Å². The third-order valence-electron chi connectivity index (χ3n) is 3.34. The van der Waals surface area contributed by atoms with Crippen molar-refractivity contribution in [1.29, 1.82) is 0 Å². The molecule has 0 spiro atoms. The van der Waals surface area contributed by atoms with Crippen LogP contribution in [-0.4, -0.2) is 13.2 Å². The Morgan fingerprint density at radius 3 is 2.62 bits per heavy atom. The second-order valence-corrected chi connectivity index (χ2v) is 6.71. The molecule has 1 N–H and O–H groups in total. The van der Waals surface area contributed by atoms with Gasteiger partial charge in [-0.25, -0.2) is 0 Å². The Kier molecular flexibility index (Phi) is 6.77. The highest BCUT2D eigenvalue weighted by Gasteiger charge is 1.98. The Hall–Kier alpha value is -1.32. The van der Waals surface area contributed by atoms with Crippen LogP contribution in [-0.2, 0) is 13.0 Å². The van der Waals surface area contributed by atoms with E-state index in [9.17, 15) is 0 Å². The second-order valence-electron chi connectivity index (χ2n) is 5.68. The van der Waals surface area contributed by atoms with Crippen LogP contribution in [0.1, 0.15) is 30.7 Å². The van der Waals surface area contributed by atoms with Gasteiger partial charge in [0.2, 0.25) is 0 Å². The minimum atomic E-state index is 0.691. The number of hydrogen-bond acceptors (Lipinski definition) is 3. The van der Waals surface area contributed by atoms with Gasteiger partial charge in [-0.05, 0) is 47.9 Å². The van der Waals surface area contributed by atoms with Gasteiger partial charge in [-0.3, -0.25) is 0 Å². The smallest absolute Gasteiger partial charge is 0.119 e. The predicted molar refractivity (Wildman–Crippen MR) is 91.1 cm³/mol. The molecule has 1 heterocycles. The maximum atomic E-state index is 5.73. The van der Waals surface area contributed by atoms with Crippen LogP contribution in [0, 0.1) is 5.92 Å². The lowest BCUT2D eigenvalue weighted by atomic mass is 10.1. The van der Waals surface area contributed by atoms with Gasteiger partial charge >= 0.3 is 0 Å². The third kappa shape index (κ3) is 6.32. The van der Waals surface area contributed by atoms with Gasteiger partial charge in [-0.1, -0.05) is 32.0 Å². The summed E-state index contributed by atoms with van der Waals surface area (Å²) in [5, 5.41) is 5.62. The zero-order valence-corrected chi connectivity index (χ0v) is 13.8. The minimum absolute atomic E-state index is 0.691. The summed E-state index contributed by atoms with van der Waals surface area (Å²) < 4.78 is 5.73. The van der Waals surface area contributed by atoms with E-state index in [1.54, 1.807) is 0 Å². The SMILES string of the molecule is CC(C)CCOc1ccc(CNCCc2cccs2)cc1. The number of hydrogen-bond donors (Lipinski definition) is 1. The number of nitrogens with one attached hydrogen (secondary N) is 1. The van der Waals surface area contributed by atoms with Gasteiger partial charge in [0.15, 0.2) is 0 Å². The summed E-state index contributed by atoms with van der Waals surface area (Å²) in [5.74, 6) is 1.66. The Labute approximate surface area is 132 Å². The molecule has 0 fully saturated rings. The molecule has 0 aliphatic heterocycles. The van der Waals surface area contributed by atoms with Crippen LogP contribution >= 0.6 is 11.3 Å². The molecular formula is C18H25NOS. The Bertz CT molecular complexity index is 490. The standard InChI is InChI=1S/C18H25NOS/c1-15(2)10-12-20-17-7-5-16(6-8-17)14-19-11-9-18-4-3-13-21-18/h3-8,13,15,19H,9-12,14H2,1-2H3. The molecule has 1 aromatic heterocycles. The summed E-state index contributed by atoms with van der Waals surface area (Å²) in [5.41, 5.74) is 1.30. The number of benzene rings is 1. The topological polar surface area (TPSA) is 21.3 Å². The van der Waals surface area contributed by atoms with Gasteiger partial charge in [0.05, 0.1) is 6.61 Å². The van der Waals surface area contributed by atoms with Gasteiger partial charge < -0.3 is 10.1 Å². The van der Waals surface area contributed by atoms with E-state index < -0.39 is 0 Å². The van der Waals surface area contributed by atoms with Crippen LogP contribution < -0.4 is 10.1 Å². The van der Waals surface area contributed by atoms with E-state index >= 15 is 0 Å². The van der Waals surface area contributed by atoms with E-state index in [0.29, 0.717) is 5.92 Å². The molecule has 0 atom stereocenters. The van der Waals surface area contributed by atoms with Crippen LogP contribution in [0.25, 0.3) is 0 Å². The van der Waals surface area contributed by atoms with Crippen molar-refractivity contribution in [2.45, 2.75) is 33.2 Å². The maximum absolute atomic E-state index is 5.73. The van der Waals surface area contributed by atoms with Crippen LogP contribution in [0.4, 0.5) is 0 Å². The molecule has 0 bridgehead atoms. The average molecular weight is 303 g/mol. The molecule has 0 saturated heterocycles. The zero-order chi connectivity index (χ0) is 14.9. The molecule has 21 heavy (non-hydrogen) atoms. The van der Waals surface area contributed by atoms with Crippen molar-refractivity contribution < 1.29 is 4.74 Å². The normalized spacial score (nSPS) is 11.0. The summed E-state index contributed by atoms with van der Waals surface area (Å²) in [4.78, 5) is 1.44. The molecule has 3 heteroatoms. The first kappa shape index (κ1) is 16.1. The van der Waals surface area contributed by atoms with Gasteiger partial charge in [0.25, 0.3) is 0 Å². The van der Waals surface area contributed by atoms with Gasteiger partial charge in [-0.2, -0.15) is 0 Å². The third-order valence-corrected chi connectivity index (χ3v) is 4.28.